The molecule has 1 atom stereocenters. The highest BCUT2D eigenvalue weighted by Gasteiger charge is 2.26. The SMILES string of the molecule is C[C@@H](Nc1nnnc2ccc(N3CCN(C(=O)OC(C)(C)C)CC3)cc12)c1cccc2ccccc12. The van der Waals surface area contributed by atoms with E-state index in [0.717, 1.165) is 29.7 Å². The van der Waals surface area contributed by atoms with Gasteiger partial charge in [-0.1, -0.05) is 42.5 Å². The van der Waals surface area contributed by atoms with Gasteiger partial charge in [-0.15, -0.1) is 10.2 Å². The molecule has 0 unspecified atom stereocenters. The number of amides is 1. The van der Waals surface area contributed by atoms with E-state index in [1.807, 2.05) is 26.8 Å². The normalized spacial score (nSPS) is 15.2. The van der Waals surface area contributed by atoms with Crippen LogP contribution in [0.4, 0.5) is 16.3 Å². The van der Waals surface area contributed by atoms with E-state index in [4.69, 9.17) is 4.74 Å². The highest BCUT2D eigenvalue weighted by Crippen LogP contribution is 2.30. The molecule has 8 nitrogen and oxygen atoms in total. The molecule has 0 radical (unpaired) electrons. The molecule has 186 valence electrons. The number of rotatable bonds is 4. The second-order valence-corrected chi connectivity index (χ2v) is 10.2. The molecule has 3 aromatic carbocycles. The molecule has 0 spiro atoms. The number of hydrogen-bond acceptors (Lipinski definition) is 7. The molecule has 0 saturated carbocycles. The van der Waals surface area contributed by atoms with Crippen molar-refractivity contribution in [1.29, 1.82) is 0 Å². The first-order chi connectivity index (χ1) is 17.3. The van der Waals surface area contributed by atoms with E-state index in [1.165, 1.54) is 16.3 Å². The zero-order valence-electron chi connectivity index (χ0n) is 21.2. The molecule has 4 aromatic rings. The van der Waals surface area contributed by atoms with Crippen molar-refractivity contribution >= 4 is 39.3 Å². The smallest absolute Gasteiger partial charge is 0.410 e. The van der Waals surface area contributed by atoms with Crippen LogP contribution < -0.4 is 10.2 Å². The van der Waals surface area contributed by atoms with Gasteiger partial charge in [-0.25, -0.2) is 4.79 Å². The van der Waals surface area contributed by atoms with Crippen molar-refractivity contribution in [1.82, 2.24) is 20.3 Å². The van der Waals surface area contributed by atoms with Gasteiger partial charge in [0, 0.05) is 37.3 Å². The first-order valence-corrected chi connectivity index (χ1v) is 12.4. The molecule has 1 saturated heterocycles. The van der Waals surface area contributed by atoms with E-state index in [9.17, 15) is 4.79 Å². The zero-order chi connectivity index (χ0) is 25.3. The Balaban J connectivity index is 1.35. The molecule has 8 heteroatoms. The molecule has 1 amide bonds. The topological polar surface area (TPSA) is 83.5 Å². The first kappa shape index (κ1) is 23.8. The summed E-state index contributed by atoms with van der Waals surface area (Å²) in [5.41, 5.74) is 2.57. The maximum Gasteiger partial charge on any atom is 0.410 e. The highest BCUT2D eigenvalue weighted by molar-refractivity contribution is 5.92. The first-order valence-electron chi connectivity index (χ1n) is 12.4. The van der Waals surface area contributed by atoms with Gasteiger partial charge in [0.25, 0.3) is 0 Å². The van der Waals surface area contributed by atoms with Crippen molar-refractivity contribution in [3.05, 3.63) is 66.2 Å². The summed E-state index contributed by atoms with van der Waals surface area (Å²) in [7, 11) is 0. The Hall–Kier alpha value is -3.94. The molecule has 1 aliphatic heterocycles. The Morgan fingerprint density at radius 1 is 0.944 bits per heavy atom. The Labute approximate surface area is 211 Å². The third kappa shape index (κ3) is 5.03. The van der Waals surface area contributed by atoms with Crippen LogP contribution in [0.15, 0.2) is 60.7 Å². The number of fused-ring (bicyclic) bond motifs is 2. The molecule has 1 aromatic heterocycles. The second kappa shape index (κ2) is 9.60. The number of benzene rings is 3. The summed E-state index contributed by atoms with van der Waals surface area (Å²) < 4.78 is 5.53. The van der Waals surface area contributed by atoms with E-state index >= 15 is 0 Å². The fraction of sp³-hybridized carbons (Fsp3) is 0.357. The van der Waals surface area contributed by atoms with Gasteiger partial charge in [-0.2, -0.15) is 0 Å². The van der Waals surface area contributed by atoms with Gasteiger partial charge in [0.15, 0.2) is 5.82 Å². The van der Waals surface area contributed by atoms with Crippen molar-refractivity contribution in [3.8, 4) is 0 Å². The minimum atomic E-state index is -0.493. The Kier molecular flexibility index (Phi) is 6.35. The molecular weight excluding hydrogens is 452 g/mol. The van der Waals surface area contributed by atoms with Crippen molar-refractivity contribution in [2.24, 2.45) is 0 Å². The molecule has 1 N–H and O–H groups in total. The fourth-order valence-corrected chi connectivity index (χ4v) is 4.66. The largest absolute Gasteiger partial charge is 0.444 e. The highest BCUT2D eigenvalue weighted by atomic mass is 16.6. The van der Waals surface area contributed by atoms with Gasteiger partial charge in [-0.3, -0.25) is 0 Å². The number of carbonyl (C=O) groups excluding carboxylic acids is 1. The van der Waals surface area contributed by atoms with Crippen molar-refractivity contribution in [3.63, 3.8) is 0 Å². The molecule has 5 rings (SSSR count). The lowest BCUT2D eigenvalue weighted by molar-refractivity contribution is 0.0240. The molecule has 1 aliphatic rings. The quantitative estimate of drug-likeness (QED) is 0.415. The van der Waals surface area contributed by atoms with Crippen molar-refractivity contribution in [2.45, 2.75) is 39.3 Å². The Morgan fingerprint density at radius 3 is 2.47 bits per heavy atom. The summed E-state index contributed by atoms with van der Waals surface area (Å²) in [4.78, 5) is 16.5. The standard InChI is InChI=1S/C28H32N6O2/c1-19(22-11-7-9-20-8-5-6-10-23(20)22)29-26-24-18-21(12-13-25(24)30-32-31-26)33-14-16-34(17-15-33)27(35)36-28(2,3)4/h5-13,18-19H,14-17H2,1-4H3,(H,29,30,31)/t19-/m1/s1. The maximum atomic E-state index is 12.4. The van der Waals surface area contributed by atoms with Crippen LogP contribution in [0.3, 0.4) is 0 Å². The second-order valence-electron chi connectivity index (χ2n) is 10.2. The number of nitrogens with zero attached hydrogens (tertiary/aromatic N) is 5. The van der Waals surface area contributed by atoms with Gasteiger partial charge < -0.3 is 19.9 Å². The van der Waals surface area contributed by atoms with Crippen LogP contribution in [0.2, 0.25) is 0 Å². The minimum Gasteiger partial charge on any atom is -0.444 e. The van der Waals surface area contributed by atoms with Gasteiger partial charge in [0.2, 0.25) is 0 Å². The maximum absolute atomic E-state index is 12.4. The number of anilines is 2. The average Bonchev–Trinajstić information content (AvgIpc) is 2.87. The van der Waals surface area contributed by atoms with Crippen LogP contribution in [0, 0.1) is 0 Å². The van der Waals surface area contributed by atoms with Crippen LogP contribution in [0.25, 0.3) is 21.7 Å². The van der Waals surface area contributed by atoms with E-state index in [1.54, 1.807) is 4.90 Å². The minimum absolute atomic E-state index is 0.0250. The molecule has 0 bridgehead atoms. The lowest BCUT2D eigenvalue weighted by atomic mass is 9.99. The number of aromatic nitrogens is 3. The number of ether oxygens (including phenoxy) is 1. The predicted octanol–water partition coefficient (Wildman–Crippen LogP) is 5.41. The van der Waals surface area contributed by atoms with Gasteiger partial charge in [0.05, 0.1) is 11.6 Å². The molecule has 2 heterocycles. The number of carbonyl (C=O) groups is 1. The summed E-state index contributed by atoms with van der Waals surface area (Å²) in [6.45, 7) is 10.5. The van der Waals surface area contributed by atoms with Gasteiger partial charge in [-0.05, 0) is 67.4 Å². The molecule has 1 fully saturated rings. The predicted molar refractivity (Wildman–Crippen MR) is 143 cm³/mol. The van der Waals surface area contributed by atoms with Crippen LogP contribution in [-0.2, 0) is 4.74 Å². The lowest BCUT2D eigenvalue weighted by Crippen LogP contribution is -2.50. The van der Waals surface area contributed by atoms with Crippen molar-refractivity contribution < 1.29 is 9.53 Å². The van der Waals surface area contributed by atoms with Crippen LogP contribution in [0.5, 0.6) is 0 Å². The third-order valence-corrected chi connectivity index (χ3v) is 6.47. The lowest BCUT2D eigenvalue weighted by Gasteiger charge is -2.36. The van der Waals surface area contributed by atoms with Crippen LogP contribution in [0.1, 0.15) is 39.3 Å². The van der Waals surface area contributed by atoms with E-state index < -0.39 is 5.60 Å². The summed E-state index contributed by atoms with van der Waals surface area (Å²) in [5.74, 6) is 0.703. The number of piperazine rings is 1. The summed E-state index contributed by atoms with van der Waals surface area (Å²) >= 11 is 0. The van der Waals surface area contributed by atoms with Gasteiger partial charge in [0.1, 0.15) is 5.60 Å². The van der Waals surface area contributed by atoms with Crippen LogP contribution in [-0.4, -0.2) is 58.2 Å². The van der Waals surface area contributed by atoms with E-state index in [0.29, 0.717) is 18.9 Å². The molecule has 36 heavy (non-hydrogen) atoms. The summed E-state index contributed by atoms with van der Waals surface area (Å²) in [5, 5.41) is 19.5. The summed E-state index contributed by atoms with van der Waals surface area (Å²) in [6, 6.07) is 20.9. The molecular formula is C28H32N6O2. The Morgan fingerprint density at radius 2 is 1.69 bits per heavy atom. The monoisotopic (exact) mass is 484 g/mol. The molecule has 0 aliphatic carbocycles. The third-order valence-electron chi connectivity index (χ3n) is 6.47. The Bertz CT molecular complexity index is 1390. The van der Waals surface area contributed by atoms with Crippen molar-refractivity contribution in [2.75, 3.05) is 36.4 Å². The number of nitrogens with one attached hydrogen (secondary N) is 1. The zero-order valence-corrected chi connectivity index (χ0v) is 21.2. The van der Waals surface area contributed by atoms with E-state index in [-0.39, 0.29) is 12.1 Å². The van der Waals surface area contributed by atoms with E-state index in [2.05, 4.69) is 87.1 Å². The summed E-state index contributed by atoms with van der Waals surface area (Å²) in [6.07, 6.45) is -0.256. The van der Waals surface area contributed by atoms with Gasteiger partial charge >= 0.3 is 6.09 Å². The fourth-order valence-electron chi connectivity index (χ4n) is 4.66. The van der Waals surface area contributed by atoms with Crippen LogP contribution >= 0.6 is 0 Å². The average molecular weight is 485 g/mol. The number of hydrogen-bond donors (Lipinski definition) is 1.